The molecule has 236 valence electrons. The molecule has 1 aliphatic heterocycles. The summed E-state index contributed by atoms with van der Waals surface area (Å²) in [7, 11) is 0. The lowest BCUT2D eigenvalue weighted by atomic mass is 9.46. The van der Waals surface area contributed by atoms with Crippen LogP contribution in [0.3, 0.4) is 0 Å². The number of aliphatic hydroxyl groups excluding tert-OH is 1. The van der Waals surface area contributed by atoms with Crippen molar-refractivity contribution in [2.75, 3.05) is 12.9 Å². The molecule has 5 fully saturated rings. The number of fused-ring (bicyclic) bond motifs is 7. The van der Waals surface area contributed by atoms with E-state index < -0.39 is 47.5 Å². The number of benzene rings is 1. The normalized spacial score (nSPS) is 41.3. The molecule has 4 saturated carbocycles. The largest absolute Gasteiger partial charge is 0.454 e. The van der Waals surface area contributed by atoms with Crippen molar-refractivity contribution in [3.05, 3.63) is 53.6 Å². The monoisotopic (exact) mass is 620 g/mol. The topological polar surface area (TPSA) is 99.1 Å². The van der Waals surface area contributed by atoms with E-state index in [0.29, 0.717) is 18.4 Å². The summed E-state index contributed by atoms with van der Waals surface area (Å²) < 4.78 is 19.4. The van der Waals surface area contributed by atoms with Crippen molar-refractivity contribution in [1.29, 1.82) is 0 Å². The van der Waals surface area contributed by atoms with Crippen LogP contribution in [0.15, 0.2) is 53.0 Å². The predicted molar refractivity (Wildman–Crippen MR) is 166 cm³/mol. The maximum atomic E-state index is 14.5. The molecule has 0 aromatic heterocycles. The highest BCUT2D eigenvalue weighted by Crippen LogP contribution is 2.70. The number of ether oxygens (including phenoxy) is 3. The van der Waals surface area contributed by atoms with E-state index in [4.69, 9.17) is 14.2 Å². The van der Waals surface area contributed by atoms with Gasteiger partial charge in [0.2, 0.25) is 5.78 Å². The van der Waals surface area contributed by atoms with Crippen LogP contribution in [0.2, 0.25) is 0 Å². The Morgan fingerprint density at radius 1 is 1.09 bits per heavy atom. The average Bonchev–Trinajstić information content (AvgIpc) is 3.53. The molecule has 1 aromatic rings. The third kappa shape index (κ3) is 4.53. The van der Waals surface area contributed by atoms with E-state index in [1.54, 1.807) is 36.0 Å². The number of carbonyl (C=O) groups is 3. The quantitative estimate of drug-likeness (QED) is 0.302. The molecule has 1 aromatic carbocycles. The molecule has 1 N–H and O–H groups in total. The van der Waals surface area contributed by atoms with Crippen LogP contribution in [0.4, 0.5) is 0 Å². The van der Waals surface area contributed by atoms with Crippen molar-refractivity contribution >= 4 is 29.3 Å². The lowest BCUT2D eigenvalue weighted by molar-refractivity contribution is -0.209. The summed E-state index contributed by atoms with van der Waals surface area (Å²) in [6.07, 6.45) is 13.9. The lowest BCUT2D eigenvalue weighted by Crippen LogP contribution is -2.63. The highest BCUT2D eigenvalue weighted by atomic mass is 32.2. The minimum Gasteiger partial charge on any atom is -0.454 e. The van der Waals surface area contributed by atoms with Gasteiger partial charge in [0, 0.05) is 27.6 Å². The third-order valence-electron chi connectivity index (χ3n) is 12.4. The molecule has 0 bridgehead atoms. The number of esters is 1. The van der Waals surface area contributed by atoms with Crippen molar-refractivity contribution in [3.63, 3.8) is 0 Å². The molecule has 0 amide bonds. The zero-order chi connectivity index (χ0) is 30.9. The number of allylic oxidation sites excluding steroid dienone is 4. The fraction of sp³-hybridized carbons (Fsp3) is 0.639. The van der Waals surface area contributed by atoms with Crippen LogP contribution in [-0.2, 0) is 23.8 Å². The van der Waals surface area contributed by atoms with Gasteiger partial charge in [-0.1, -0.05) is 44.8 Å². The van der Waals surface area contributed by atoms with Gasteiger partial charge in [0.15, 0.2) is 24.3 Å². The standard InChI is InChI=1S/C36H44O7S/c1-34-16-15-24(37)17-23(34)11-14-26-27-18-30-36(35(27,2)19-28(38)31(26)34,43-33(42-30)22-7-5-4-6-8-22)29(39)20-41-32(40)21-9-12-25(44-3)13-10-21/h9-10,12-13,15-17,22,26-28,30-31,33,38H,4-8,11,14,18-20H2,1-3H3/t26?,27?,28-,30+,31?,33+,34-,35-,36+/m0/s1. The zero-order valence-corrected chi connectivity index (χ0v) is 26.8. The van der Waals surface area contributed by atoms with Crippen LogP contribution in [-0.4, -0.2) is 59.6 Å². The first-order valence-corrected chi connectivity index (χ1v) is 17.6. The van der Waals surface area contributed by atoms with Crippen molar-refractivity contribution in [2.24, 2.45) is 34.5 Å². The Labute approximate surface area is 264 Å². The van der Waals surface area contributed by atoms with Gasteiger partial charge in [0.25, 0.3) is 0 Å². The summed E-state index contributed by atoms with van der Waals surface area (Å²) in [5, 5.41) is 12.0. The van der Waals surface area contributed by atoms with Gasteiger partial charge in [0.05, 0.1) is 17.8 Å². The van der Waals surface area contributed by atoms with E-state index in [1.165, 1.54) is 6.42 Å². The minimum atomic E-state index is -1.30. The van der Waals surface area contributed by atoms with Gasteiger partial charge in [0.1, 0.15) is 0 Å². The molecule has 1 heterocycles. The first-order chi connectivity index (χ1) is 21.1. The van der Waals surface area contributed by atoms with Gasteiger partial charge >= 0.3 is 5.97 Å². The minimum absolute atomic E-state index is 0.0105. The Bertz CT molecular complexity index is 1400. The first kappa shape index (κ1) is 30.4. The summed E-state index contributed by atoms with van der Waals surface area (Å²) in [5.41, 5.74) is -0.903. The smallest absolute Gasteiger partial charge is 0.338 e. The summed E-state index contributed by atoms with van der Waals surface area (Å²) in [6.45, 7) is 3.86. The number of carbonyl (C=O) groups excluding carboxylic acids is 3. The number of Topliss-reactive ketones (excluding diaryl/α,β-unsaturated/α-hetero) is 1. The maximum absolute atomic E-state index is 14.5. The third-order valence-corrected chi connectivity index (χ3v) is 13.1. The van der Waals surface area contributed by atoms with E-state index in [-0.39, 0.29) is 35.2 Å². The number of hydrogen-bond acceptors (Lipinski definition) is 8. The molecule has 9 atom stereocenters. The second kappa shape index (κ2) is 11.2. The van der Waals surface area contributed by atoms with Crippen molar-refractivity contribution in [1.82, 2.24) is 0 Å². The molecule has 8 heteroatoms. The van der Waals surface area contributed by atoms with Gasteiger partial charge in [-0.2, -0.15) is 0 Å². The lowest BCUT2D eigenvalue weighted by Gasteiger charge is -2.59. The molecule has 0 radical (unpaired) electrons. The number of hydrogen-bond donors (Lipinski definition) is 1. The maximum Gasteiger partial charge on any atom is 0.338 e. The van der Waals surface area contributed by atoms with Gasteiger partial charge in [-0.05, 0) is 93.0 Å². The first-order valence-electron chi connectivity index (χ1n) is 16.4. The predicted octanol–water partition coefficient (Wildman–Crippen LogP) is 6.08. The Hall–Kier alpha value is -2.26. The number of rotatable bonds is 6. The second-order valence-corrected chi connectivity index (χ2v) is 15.3. The number of aliphatic hydroxyl groups is 1. The number of thioether (sulfide) groups is 1. The molecule has 44 heavy (non-hydrogen) atoms. The Morgan fingerprint density at radius 3 is 2.57 bits per heavy atom. The molecule has 7 rings (SSSR count). The van der Waals surface area contributed by atoms with Crippen LogP contribution in [0.25, 0.3) is 0 Å². The van der Waals surface area contributed by atoms with Gasteiger partial charge in [-0.15, -0.1) is 11.8 Å². The van der Waals surface area contributed by atoms with E-state index in [9.17, 15) is 19.5 Å². The van der Waals surface area contributed by atoms with E-state index in [2.05, 4.69) is 13.8 Å². The van der Waals surface area contributed by atoms with E-state index in [1.807, 2.05) is 24.5 Å². The SMILES string of the molecule is CSc1ccc(C(=O)OCC(=O)[C@@]23O[C@H](C4CCCCC4)O[C@@H]2CC2C4CCC5=CC(=O)C=C[C@]5(C)C4[C@@H](O)C[C@@]23C)cc1. The van der Waals surface area contributed by atoms with Crippen molar-refractivity contribution in [3.8, 4) is 0 Å². The van der Waals surface area contributed by atoms with Crippen molar-refractivity contribution in [2.45, 2.75) is 101 Å². The Kier molecular flexibility index (Phi) is 7.75. The molecular formula is C36H44O7S. The summed E-state index contributed by atoms with van der Waals surface area (Å²) in [5.74, 6) is -0.415. The molecule has 1 saturated heterocycles. The second-order valence-electron chi connectivity index (χ2n) is 14.4. The van der Waals surface area contributed by atoms with E-state index >= 15 is 0 Å². The van der Waals surface area contributed by atoms with Gasteiger partial charge in [-0.25, -0.2) is 4.79 Å². The highest BCUT2D eigenvalue weighted by molar-refractivity contribution is 7.98. The van der Waals surface area contributed by atoms with Gasteiger partial charge in [-0.3, -0.25) is 9.59 Å². The molecule has 5 aliphatic carbocycles. The van der Waals surface area contributed by atoms with Gasteiger partial charge < -0.3 is 19.3 Å². The molecule has 7 nitrogen and oxygen atoms in total. The van der Waals surface area contributed by atoms with Crippen LogP contribution in [0.5, 0.6) is 0 Å². The van der Waals surface area contributed by atoms with Crippen LogP contribution in [0.1, 0.15) is 82.0 Å². The summed E-state index contributed by atoms with van der Waals surface area (Å²) >= 11 is 1.59. The fourth-order valence-electron chi connectivity index (χ4n) is 10.3. The van der Waals surface area contributed by atoms with Crippen LogP contribution >= 0.6 is 11.8 Å². The van der Waals surface area contributed by atoms with Crippen LogP contribution < -0.4 is 0 Å². The highest BCUT2D eigenvalue weighted by Gasteiger charge is 2.76. The zero-order valence-electron chi connectivity index (χ0n) is 26.0. The molecule has 3 unspecified atom stereocenters. The Balaban J connectivity index is 1.20. The number of ketones is 2. The van der Waals surface area contributed by atoms with Crippen LogP contribution in [0, 0.1) is 34.5 Å². The fourth-order valence-corrected chi connectivity index (χ4v) is 10.7. The van der Waals surface area contributed by atoms with Crippen molar-refractivity contribution < 1.29 is 33.7 Å². The Morgan fingerprint density at radius 2 is 1.84 bits per heavy atom. The summed E-state index contributed by atoms with van der Waals surface area (Å²) in [4.78, 5) is 40.9. The molecule has 6 aliphatic rings. The van der Waals surface area contributed by atoms with E-state index in [0.717, 1.165) is 49.0 Å². The average molecular weight is 621 g/mol. The summed E-state index contributed by atoms with van der Waals surface area (Å²) in [6, 6.07) is 7.17. The molecule has 0 spiro atoms. The molecular weight excluding hydrogens is 576 g/mol.